The lowest BCUT2D eigenvalue weighted by molar-refractivity contribution is 0.408. The van der Waals surface area contributed by atoms with Crippen molar-refractivity contribution in [3.63, 3.8) is 0 Å². The highest BCUT2D eigenvalue weighted by atomic mass is 16.1. The van der Waals surface area contributed by atoms with Gasteiger partial charge in [0.25, 0.3) is 0 Å². The SMILES string of the molecule is CC(C)n1ccn(CCC2CCCC2N)c1=O. The van der Waals surface area contributed by atoms with Crippen LogP contribution in [0.4, 0.5) is 0 Å². The van der Waals surface area contributed by atoms with Crippen LogP contribution in [0.15, 0.2) is 17.2 Å². The van der Waals surface area contributed by atoms with Crippen LogP contribution in [0.5, 0.6) is 0 Å². The second-order valence-corrected chi connectivity index (χ2v) is 5.42. The molecular weight excluding hydrogens is 214 g/mol. The van der Waals surface area contributed by atoms with Gasteiger partial charge in [-0.1, -0.05) is 6.42 Å². The number of nitrogens with two attached hydrogens (primary N) is 1. The second kappa shape index (κ2) is 5.08. The third-order valence-electron chi connectivity index (χ3n) is 3.89. The molecule has 17 heavy (non-hydrogen) atoms. The Bertz CT molecular complexity index is 419. The number of rotatable bonds is 4. The summed E-state index contributed by atoms with van der Waals surface area (Å²) < 4.78 is 3.58. The lowest BCUT2D eigenvalue weighted by atomic mass is 10.0. The molecule has 2 rings (SSSR count). The minimum atomic E-state index is 0.103. The normalized spacial score (nSPS) is 24.7. The molecule has 1 aliphatic carbocycles. The minimum absolute atomic E-state index is 0.103. The predicted molar refractivity (Wildman–Crippen MR) is 69.0 cm³/mol. The van der Waals surface area contributed by atoms with Crippen LogP contribution in [0.25, 0.3) is 0 Å². The van der Waals surface area contributed by atoms with Gasteiger partial charge in [-0.25, -0.2) is 4.79 Å². The van der Waals surface area contributed by atoms with E-state index in [1.807, 2.05) is 30.8 Å². The molecule has 1 heterocycles. The van der Waals surface area contributed by atoms with Crippen LogP contribution in [0.2, 0.25) is 0 Å². The molecule has 2 unspecified atom stereocenters. The topological polar surface area (TPSA) is 52.9 Å². The summed E-state index contributed by atoms with van der Waals surface area (Å²) in [5.41, 5.74) is 6.15. The number of imidazole rings is 1. The van der Waals surface area contributed by atoms with Gasteiger partial charge in [-0.2, -0.15) is 0 Å². The van der Waals surface area contributed by atoms with Crippen molar-refractivity contribution in [1.29, 1.82) is 0 Å². The zero-order valence-corrected chi connectivity index (χ0v) is 10.8. The molecule has 0 radical (unpaired) electrons. The molecule has 0 saturated heterocycles. The monoisotopic (exact) mass is 237 g/mol. The fraction of sp³-hybridized carbons (Fsp3) is 0.769. The molecule has 1 saturated carbocycles. The predicted octanol–water partition coefficient (Wildman–Crippen LogP) is 1.75. The maximum atomic E-state index is 12.0. The molecule has 0 bridgehead atoms. The number of aromatic nitrogens is 2. The molecule has 0 amide bonds. The Morgan fingerprint density at radius 1 is 1.41 bits per heavy atom. The van der Waals surface area contributed by atoms with Crippen LogP contribution in [0.1, 0.15) is 45.6 Å². The average molecular weight is 237 g/mol. The molecule has 0 spiro atoms. The summed E-state index contributed by atoms with van der Waals surface area (Å²) in [6.45, 7) is 4.86. The first kappa shape index (κ1) is 12.4. The van der Waals surface area contributed by atoms with E-state index in [-0.39, 0.29) is 11.7 Å². The summed E-state index contributed by atoms with van der Waals surface area (Å²) in [4.78, 5) is 12.0. The van der Waals surface area contributed by atoms with Gasteiger partial charge in [0.1, 0.15) is 0 Å². The van der Waals surface area contributed by atoms with Gasteiger partial charge in [-0.3, -0.25) is 9.13 Å². The van der Waals surface area contributed by atoms with Crippen molar-refractivity contribution >= 4 is 0 Å². The van der Waals surface area contributed by atoms with Gasteiger partial charge < -0.3 is 5.73 Å². The summed E-state index contributed by atoms with van der Waals surface area (Å²) in [6, 6.07) is 0.579. The third-order valence-corrected chi connectivity index (χ3v) is 3.89. The number of nitrogens with zero attached hydrogens (tertiary/aromatic N) is 2. The quantitative estimate of drug-likeness (QED) is 0.867. The van der Waals surface area contributed by atoms with Crippen molar-refractivity contribution in [1.82, 2.24) is 9.13 Å². The van der Waals surface area contributed by atoms with E-state index in [0.717, 1.165) is 19.4 Å². The van der Waals surface area contributed by atoms with E-state index in [9.17, 15) is 4.79 Å². The summed E-state index contributed by atoms with van der Waals surface area (Å²) in [7, 11) is 0. The van der Waals surface area contributed by atoms with Crippen LogP contribution in [-0.4, -0.2) is 15.2 Å². The Morgan fingerprint density at radius 2 is 2.18 bits per heavy atom. The van der Waals surface area contributed by atoms with Crippen LogP contribution in [-0.2, 0) is 6.54 Å². The Kier molecular flexibility index (Phi) is 3.72. The highest BCUT2D eigenvalue weighted by molar-refractivity contribution is 4.85. The minimum Gasteiger partial charge on any atom is -0.327 e. The van der Waals surface area contributed by atoms with Crippen molar-refractivity contribution < 1.29 is 0 Å². The van der Waals surface area contributed by atoms with Gasteiger partial charge in [0, 0.05) is 31.0 Å². The number of aryl methyl sites for hydroxylation is 1. The molecule has 2 N–H and O–H groups in total. The molecular formula is C13H23N3O. The van der Waals surface area contributed by atoms with Crippen molar-refractivity contribution in [2.75, 3.05) is 0 Å². The van der Waals surface area contributed by atoms with Crippen LogP contribution in [0, 0.1) is 5.92 Å². The van der Waals surface area contributed by atoms with E-state index in [1.54, 1.807) is 4.57 Å². The van der Waals surface area contributed by atoms with Gasteiger partial charge in [-0.05, 0) is 39.0 Å². The summed E-state index contributed by atoms with van der Waals surface area (Å²) in [5, 5.41) is 0. The van der Waals surface area contributed by atoms with E-state index in [0.29, 0.717) is 12.0 Å². The summed E-state index contributed by atoms with van der Waals surface area (Å²) in [6.07, 6.45) is 8.41. The first-order valence-corrected chi connectivity index (χ1v) is 6.62. The Morgan fingerprint density at radius 3 is 2.71 bits per heavy atom. The lowest BCUT2D eigenvalue weighted by Crippen LogP contribution is -2.29. The summed E-state index contributed by atoms with van der Waals surface area (Å²) >= 11 is 0. The first-order valence-electron chi connectivity index (χ1n) is 6.62. The zero-order chi connectivity index (χ0) is 12.4. The van der Waals surface area contributed by atoms with Gasteiger partial charge in [0.05, 0.1) is 0 Å². The number of hydrogen-bond donors (Lipinski definition) is 1. The molecule has 1 aliphatic rings. The van der Waals surface area contributed by atoms with E-state index < -0.39 is 0 Å². The standard InChI is InChI=1S/C13H23N3O/c1-10(2)16-9-8-15(13(16)17)7-6-11-4-3-5-12(11)14/h8-12H,3-7,14H2,1-2H3. The maximum absolute atomic E-state index is 12.0. The van der Waals surface area contributed by atoms with Crippen LogP contribution in [0.3, 0.4) is 0 Å². The fourth-order valence-corrected chi connectivity index (χ4v) is 2.72. The van der Waals surface area contributed by atoms with Crippen LogP contribution >= 0.6 is 0 Å². The molecule has 0 aliphatic heterocycles. The Balaban J connectivity index is 1.97. The van der Waals surface area contributed by atoms with Crippen molar-refractivity contribution in [3.05, 3.63) is 22.9 Å². The third kappa shape index (κ3) is 2.63. The lowest BCUT2D eigenvalue weighted by Gasteiger charge is -2.14. The smallest absolute Gasteiger partial charge is 0.327 e. The molecule has 2 atom stereocenters. The Labute approximate surface area is 102 Å². The molecule has 1 fully saturated rings. The highest BCUT2D eigenvalue weighted by Crippen LogP contribution is 2.26. The molecule has 4 nitrogen and oxygen atoms in total. The van der Waals surface area contributed by atoms with E-state index in [4.69, 9.17) is 5.73 Å². The average Bonchev–Trinajstić information content (AvgIpc) is 2.82. The largest absolute Gasteiger partial charge is 0.328 e. The van der Waals surface area contributed by atoms with Gasteiger partial charge in [0.15, 0.2) is 0 Å². The van der Waals surface area contributed by atoms with Gasteiger partial charge in [-0.15, -0.1) is 0 Å². The number of hydrogen-bond acceptors (Lipinski definition) is 2. The maximum Gasteiger partial charge on any atom is 0.328 e. The van der Waals surface area contributed by atoms with Crippen LogP contribution < -0.4 is 11.4 Å². The van der Waals surface area contributed by atoms with Crippen molar-refractivity contribution in [3.8, 4) is 0 Å². The molecule has 4 heteroatoms. The first-order chi connectivity index (χ1) is 8.09. The Hall–Kier alpha value is -1.03. The second-order valence-electron chi connectivity index (χ2n) is 5.42. The van der Waals surface area contributed by atoms with Crippen molar-refractivity contribution in [2.45, 2.75) is 58.2 Å². The zero-order valence-electron chi connectivity index (χ0n) is 10.8. The molecule has 96 valence electrons. The summed E-state index contributed by atoms with van der Waals surface area (Å²) in [5.74, 6) is 0.601. The van der Waals surface area contributed by atoms with Gasteiger partial charge in [0.2, 0.25) is 0 Å². The van der Waals surface area contributed by atoms with E-state index >= 15 is 0 Å². The molecule has 1 aromatic heterocycles. The molecule has 0 aromatic carbocycles. The van der Waals surface area contributed by atoms with Gasteiger partial charge >= 0.3 is 5.69 Å². The molecule has 1 aromatic rings. The fourth-order valence-electron chi connectivity index (χ4n) is 2.72. The van der Waals surface area contributed by atoms with Crippen molar-refractivity contribution in [2.24, 2.45) is 11.7 Å². The van der Waals surface area contributed by atoms with E-state index in [1.165, 1.54) is 12.8 Å². The van der Waals surface area contributed by atoms with E-state index in [2.05, 4.69) is 0 Å². The highest BCUT2D eigenvalue weighted by Gasteiger charge is 2.23.